The van der Waals surface area contributed by atoms with Gasteiger partial charge in [-0.2, -0.15) is 0 Å². The molecule has 0 amide bonds. The fraction of sp³-hybridized carbons (Fsp3) is 0.0571. The van der Waals surface area contributed by atoms with Crippen LogP contribution >= 0.6 is 11.3 Å². The molecule has 1 heterocycles. The zero-order valence-corrected chi connectivity index (χ0v) is 21.4. The third-order valence-electron chi connectivity index (χ3n) is 8.35. The maximum absolute atomic E-state index is 13.0. The second-order valence-electron chi connectivity index (χ2n) is 10.1. The molecule has 0 aliphatic carbocycles. The first-order chi connectivity index (χ1) is 18.8. The van der Waals surface area contributed by atoms with E-state index in [0.29, 0.717) is 11.5 Å². The lowest BCUT2D eigenvalue weighted by atomic mass is 9.81. The number of fused-ring (bicyclic) bond motifs is 10. The first-order valence-corrected chi connectivity index (χ1v) is 13.8. The van der Waals surface area contributed by atoms with Crippen LogP contribution in [-0.2, 0) is 4.74 Å². The summed E-state index contributed by atoms with van der Waals surface area (Å²) in [7, 11) is 0. The van der Waals surface area contributed by atoms with E-state index in [-0.39, 0.29) is 5.97 Å². The van der Waals surface area contributed by atoms with E-state index in [2.05, 4.69) is 91.0 Å². The Labute approximate surface area is 221 Å². The van der Waals surface area contributed by atoms with E-state index < -0.39 is 0 Å². The van der Waals surface area contributed by atoms with E-state index in [4.69, 9.17) is 4.74 Å². The molecular weight excluding hydrogens is 484 g/mol. The summed E-state index contributed by atoms with van der Waals surface area (Å²) in [4.78, 5) is 13.7. The van der Waals surface area contributed by atoms with Crippen LogP contribution in [0.5, 0.6) is 0 Å². The summed E-state index contributed by atoms with van der Waals surface area (Å²) >= 11 is 1.57. The number of esters is 1. The van der Waals surface area contributed by atoms with Crippen molar-refractivity contribution in [2.45, 2.75) is 6.92 Å². The summed E-state index contributed by atoms with van der Waals surface area (Å²) in [6.45, 7) is 2.23. The van der Waals surface area contributed by atoms with Crippen molar-refractivity contribution in [3.63, 3.8) is 0 Å². The number of benzene rings is 8. The number of hydrogen-bond donors (Lipinski definition) is 0. The van der Waals surface area contributed by atoms with Crippen LogP contribution < -0.4 is 0 Å². The van der Waals surface area contributed by atoms with E-state index in [0.717, 1.165) is 10.1 Å². The van der Waals surface area contributed by atoms with Gasteiger partial charge in [-0.3, -0.25) is 0 Å². The van der Waals surface area contributed by atoms with Crippen LogP contribution in [0, 0.1) is 0 Å². The highest BCUT2D eigenvalue weighted by Gasteiger charge is 2.26. The molecule has 0 N–H and O–H groups in total. The number of thiophene rings is 1. The predicted molar refractivity (Wildman–Crippen MR) is 163 cm³/mol. The Bertz CT molecular complexity index is 2270. The minimum atomic E-state index is -0.249. The standard InChI is InChI=1S/C35H20O2S/c1-2-37-35(36)27-17-26-30-20-11-5-3-9-18(20)21-13-7-15-24-25-16-8-14-22-19-10-4-6-12-23(19)31(34(26)38-27)33(29(22)25)32(30)28(21)24/h3-17H,2H2,1H3. The van der Waals surface area contributed by atoms with Crippen molar-refractivity contribution in [2.75, 3.05) is 6.61 Å². The first kappa shape index (κ1) is 20.6. The van der Waals surface area contributed by atoms with Gasteiger partial charge in [-0.25, -0.2) is 4.79 Å². The van der Waals surface area contributed by atoms with Crippen LogP contribution in [-0.4, -0.2) is 12.6 Å². The molecule has 0 aliphatic rings. The number of carbonyl (C=O) groups excluding carboxylic acids is 1. The van der Waals surface area contributed by atoms with Gasteiger partial charge < -0.3 is 4.74 Å². The second kappa shape index (κ2) is 7.09. The van der Waals surface area contributed by atoms with Crippen molar-refractivity contribution in [3.05, 3.63) is 95.9 Å². The van der Waals surface area contributed by atoms with E-state index >= 15 is 0 Å². The lowest BCUT2D eigenvalue weighted by Gasteiger charge is -2.22. The Balaban J connectivity index is 1.74. The summed E-state index contributed by atoms with van der Waals surface area (Å²) in [5, 5.41) is 19.0. The van der Waals surface area contributed by atoms with Gasteiger partial charge in [0.25, 0.3) is 0 Å². The Morgan fingerprint density at radius 2 is 0.974 bits per heavy atom. The molecule has 0 fully saturated rings. The molecule has 0 bridgehead atoms. The van der Waals surface area contributed by atoms with Gasteiger partial charge in [-0.15, -0.1) is 11.3 Å². The van der Waals surface area contributed by atoms with Crippen molar-refractivity contribution in [1.29, 1.82) is 0 Å². The highest BCUT2D eigenvalue weighted by molar-refractivity contribution is 7.22. The van der Waals surface area contributed by atoms with Crippen LogP contribution in [0.15, 0.2) is 91.0 Å². The molecule has 0 saturated carbocycles. The van der Waals surface area contributed by atoms with Gasteiger partial charge in [0.2, 0.25) is 0 Å². The first-order valence-electron chi connectivity index (χ1n) is 13.0. The average molecular weight is 505 g/mol. The molecule has 0 atom stereocenters. The van der Waals surface area contributed by atoms with Gasteiger partial charge in [0.05, 0.1) is 6.61 Å². The largest absolute Gasteiger partial charge is 0.462 e. The summed E-state index contributed by atoms with van der Waals surface area (Å²) in [5.74, 6) is -0.249. The van der Waals surface area contributed by atoms with Gasteiger partial charge in [0.1, 0.15) is 4.88 Å². The number of carbonyl (C=O) groups is 1. The maximum atomic E-state index is 13.0. The number of hydrogen-bond acceptors (Lipinski definition) is 3. The molecule has 9 aromatic rings. The Morgan fingerprint density at radius 1 is 0.553 bits per heavy atom. The molecule has 0 aliphatic heterocycles. The fourth-order valence-corrected chi connectivity index (χ4v) is 8.14. The van der Waals surface area contributed by atoms with E-state index in [1.54, 1.807) is 11.3 Å². The van der Waals surface area contributed by atoms with E-state index in [1.165, 1.54) is 75.4 Å². The molecule has 9 rings (SSSR count). The second-order valence-corrected chi connectivity index (χ2v) is 11.2. The average Bonchev–Trinajstić information content (AvgIpc) is 3.41. The molecule has 8 aromatic carbocycles. The summed E-state index contributed by atoms with van der Waals surface area (Å²) in [6, 6.07) is 33.0. The Morgan fingerprint density at radius 3 is 1.53 bits per heavy atom. The van der Waals surface area contributed by atoms with Gasteiger partial charge in [0.15, 0.2) is 0 Å². The number of rotatable bonds is 2. The molecule has 3 heteroatoms. The van der Waals surface area contributed by atoms with Gasteiger partial charge in [0, 0.05) is 20.9 Å². The topological polar surface area (TPSA) is 26.3 Å². The third kappa shape index (κ3) is 2.32. The van der Waals surface area contributed by atoms with Crippen molar-refractivity contribution in [3.8, 4) is 0 Å². The third-order valence-corrected chi connectivity index (χ3v) is 9.48. The lowest BCUT2D eigenvalue weighted by Crippen LogP contribution is -2.01. The quantitative estimate of drug-likeness (QED) is 0.133. The highest BCUT2D eigenvalue weighted by Crippen LogP contribution is 2.54. The SMILES string of the molecule is CCOC(=O)c1cc2c(s1)c1c3ccccc3c3cccc4c5cccc6c7ccccc7c2c(c65)c1c34. The minimum Gasteiger partial charge on any atom is -0.462 e. The highest BCUT2D eigenvalue weighted by atomic mass is 32.1. The molecule has 0 spiro atoms. The summed E-state index contributed by atoms with van der Waals surface area (Å²) in [6.07, 6.45) is 0. The molecule has 38 heavy (non-hydrogen) atoms. The fourth-order valence-electron chi connectivity index (χ4n) is 7.01. The maximum Gasteiger partial charge on any atom is 0.348 e. The number of ether oxygens (including phenoxy) is 1. The Hall–Kier alpha value is -4.47. The molecule has 0 unspecified atom stereocenters. The summed E-state index contributed by atoms with van der Waals surface area (Å²) in [5.41, 5.74) is 0. The van der Waals surface area contributed by atoms with Crippen molar-refractivity contribution < 1.29 is 9.53 Å². The Kier molecular flexibility index (Phi) is 3.84. The summed E-state index contributed by atoms with van der Waals surface area (Å²) < 4.78 is 6.64. The molecule has 178 valence electrons. The van der Waals surface area contributed by atoms with Gasteiger partial charge in [-0.1, -0.05) is 84.9 Å². The van der Waals surface area contributed by atoms with E-state index in [9.17, 15) is 4.79 Å². The minimum absolute atomic E-state index is 0.249. The van der Waals surface area contributed by atoms with Crippen LogP contribution in [0.2, 0.25) is 0 Å². The smallest absolute Gasteiger partial charge is 0.348 e. The molecule has 0 saturated heterocycles. The van der Waals surface area contributed by atoms with Gasteiger partial charge in [-0.05, 0) is 77.6 Å². The normalized spacial score (nSPS) is 12.6. The van der Waals surface area contributed by atoms with Gasteiger partial charge >= 0.3 is 5.97 Å². The molecular formula is C35H20O2S. The van der Waals surface area contributed by atoms with Crippen molar-refractivity contribution >= 4 is 103 Å². The van der Waals surface area contributed by atoms with Crippen LogP contribution in [0.25, 0.3) is 85.5 Å². The predicted octanol–water partition coefficient (Wildman–Crippen LogP) is 10.0. The van der Waals surface area contributed by atoms with Crippen LogP contribution in [0.3, 0.4) is 0 Å². The van der Waals surface area contributed by atoms with Crippen LogP contribution in [0.1, 0.15) is 16.6 Å². The lowest BCUT2D eigenvalue weighted by molar-refractivity contribution is 0.0532. The molecule has 0 radical (unpaired) electrons. The van der Waals surface area contributed by atoms with E-state index in [1.807, 2.05) is 6.92 Å². The van der Waals surface area contributed by atoms with Crippen LogP contribution in [0.4, 0.5) is 0 Å². The zero-order chi connectivity index (χ0) is 25.1. The molecule has 1 aromatic heterocycles. The zero-order valence-electron chi connectivity index (χ0n) is 20.6. The van der Waals surface area contributed by atoms with Crippen molar-refractivity contribution in [1.82, 2.24) is 0 Å². The van der Waals surface area contributed by atoms with Crippen molar-refractivity contribution in [2.24, 2.45) is 0 Å². The molecule has 2 nitrogen and oxygen atoms in total. The monoisotopic (exact) mass is 504 g/mol.